The van der Waals surface area contributed by atoms with Crippen molar-refractivity contribution in [1.82, 2.24) is 5.32 Å². The summed E-state index contributed by atoms with van der Waals surface area (Å²) >= 11 is 1.88. The topological polar surface area (TPSA) is 55.1 Å². The number of carbonyl (C=O) groups is 1. The Bertz CT molecular complexity index is 617. The van der Waals surface area contributed by atoms with Crippen molar-refractivity contribution in [2.24, 2.45) is 5.73 Å². The molecule has 2 aromatic rings. The SMILES string of the molecule is CSCCCNCc1ccc(-c2cccc(C(N)=O)c2)cc1.Cl. The minimum atomic E-state index is -0.395. The molecule has 0 aliphatic carbocycles. The van der Waals surface area contributed by atoms with Crippen molar-refractivity contribution in [3.05, 3.63) is 59.7 Å². The van der Waals surface area contributed by atoms with E-state index >= 15 is 0 Å². The van der Waals surface area contributed by atoms with E-state index in [0.29, 0.717) is 5.56 Å². The molecule has 0 spiro atoms. The number of amides is 1. The van der Waals surface area contributed by atoms with Crippen LogP contribution in [0.1, 0.15) is 22.3 Å². The third-order valence-corrected chi connectivity index (χ3v) is 4.16. The second kappa shape index (κ2) is 10.3. The fourth-order valence-corrected chi connectivity index (χ4v) is 2.67. The molecule has 0 saturated carbocycles. The van der Waals surface area contributed by atoms with Crippen LogP contribution in [0.5, 0.6) is 0 Å². The predicted octanol–water partition coefficient (Wildman–Crippen LogP) is 3.72. The van der Waals surface area contributed by atoms with Gasteiger partial charge in [-0.15, -0.1) is 12.4 Å². The number of nitrogens with two attached hydrogens (primary N) is 1. The summed E-state index contributed by atoms with van der Waals surface area (Å²) in [6, 6.07) is 15.8. The van der Waals surface area contributed by atoms with Crippen molar-refractivity contribution >= 4 is 30.1 Å². The quantitative estimate of drug-likeness (QED) is 0.713. The van der Waals surface area contributed by atoms with Crippen molar-refractivity contribution in [2.75, 3.05) is 18.6 Å². The van der Waals surface area contributed by atoms with Gasteiger partial charge in [0.1, 0.15) is 0 Å². The third kappa shape index (κ3) is 6.26. The molecule has 0 atom stereocenters. The van der Waals surface area contributed by atoms with Crippen molar-refractivity contribution in [1.29, 1.82) is 0 Å². The van der Waals surface area contributed by atoms with Gasteiger partial charge in [-0.2, -0.15) is 11.8 Å². The Hall–Kier alpha value is -1.49. The van der Waals surface area contributed by atoms with Crippen molar-refractivity contribution in [3.63, 3.8) is 0 Å². The fraction of sp³-hybridized carbons (Fsp3) is 0.278. The van der Waals surface area contributed by atoms with Gasteiger partial charge in [0, 0.05) is 12.1 Å². The number of rotatable bonds is 8. The molecule has 0 unspecified atom stereocenters. The standard InChI is InChI=1S/C18H22N2OS.ClH/c1-22-11-3-10-20-13-14-6-8-15(9-7-14)16-4-2-5-17(12-16)18(19)21;/h2,4-9,12,20H,3,10-11,13H2,1H3,(H2,19,21);1H. The van der Waals surface area contributed by atoms with E-state index in [1.54, 1.807) is 6.07 Å². The van der Waals surface area contributed by atoms with E-state index in [1.807, 2.05) is 30.0 Å². The van der Waals surface area contributed by atoms with Gasteiger partial charge in [0.25, 0.3) is 0 Å². The first-order chi connectivity index (χ1) is 10.7. The Morgan fingerprint density at radius 2 is 1.87 bits per heavy atom. The Morgan fingerprint density at radius 3 is 2.52 bits per heavy atom. The zero-order chi connectivity index (χ0) is 15.8. The molecule has 5 heteroatoms. The highest BCUT2D eigenvalue weighted by Gasteiger charge is 2.03. The average Bonchev–Trinajstić information content (AvgIpc) is 2.55. The van der Waals surface area contributed by atoms with E-state index in [2.05, 4.69) is 35.8 Å². The lowest BCUT2D eigenvalue weighted by molar-refractivity contribution is 0.100. The van der Waals surface area contributed by atoms with Gasteiger partial charge in [0.05, 0.1) is 0 Å². The molecule has 2 rings (SSSR count). The van der Waals surface area contributed by atoms with Crippen LogP contribution in [-0.2, 0) is 6.54 Å². The van der Waals surface area contributed by atoms with E-state index in [4.69, 9.17) is 5.73 Å². The normalized spacial score (nSPS) is 10.1. The lowest BCUT2D eigenvalue weighted by atomic mass is 10.0. The number of benzene rings is 2. The Kier molecular flexibility index (Phi) is 8.77. The second-order valence-corrected chi connectivity index (χ2v) is 6.15. The number of thioether (sulfide) groups is 1. The third-order valence-electron chi connectivity index (χ3n) is 3.47. The molecule has 0 aliphatic heterocycles. The zero-order valence-electron chi connectivity index (χ0n) is 13.2. The van der Waals surface area contributed by atoms with E-state index < -0.39 is 5.91 Å². The van der Waals surface area contributed by atoms with Crippen LogP contribution < -0.4 is 11.1 Å². The molecule has 0 aromatic heterocycles. The lowest BCUT2D eigenvalue weighted by Gasteiger charge is -2.07. The summed E-state index contributed by atoms with van der Waals surface area (Å²) in [6.45, 7) is 1.93. The van der Waals surface area contributed by atoms with Crippen molar-refractivity contribution in [3.8, 4) is 11.1 Å². The van der Waals surface area contributed by atoms with E-state index in [0.717, 1.165) is 24.2 Å². The van der Waals surface area contributed by atoms with E-state index in [-0.39, 0.29) is 12.4 Å². The molecular weight excluding hydrogens is 328 g/mol. The predicted molar refractivity (Wildman–Crippen MR) is 102 cm³/mol. The average molecular weight is 351 g/mol. The largest absolute Gasteiger partial charge is 0.366 e. The summed E-state index contributed by atoms with van der Waals surface area (Å²) in [4.78, 5) is 11.2. The highest BCUT2D eigenvalue weighted by molar-refractivity contribution is 7.98. The lowest BCUT2D eigenvalue weighted by Crippen LogP contribution is -2.15. The molecule has 3 nitrogen and oxygen atoms in total. The minimum Gasteiger partial charge on any atom is -0.366 e. The first kappa shape index (κ1) is 19.6. The van der Waals surface area contributed by atoms with Gasteiger partial charge in [0.2, 0.25) is 5.91 Å². The summed E-state index contributed by atoms with van der Waals surface area (Å²) in [6.07, 6.45) is 3.32. The van der Waals surface area contributed by atoms with E-state index in [9.17, 15) is 4.79 Å². The monoisotopic (exact) mass is 350 g/mol. The molecule has 124 valence electrons. The minimum absolute atomic E-state index is 0. The molecular formula is C18H23ClN2OS. The first-order valence-electron chi connectivity index (χ1n) is 7.39. The molecule has 23 heavy (non-hydrogen) atoms. The van der Waals surface area contributed by atoms with Gasteiger partial charge in [0.15, 0.2) is 0 Å². The zero-order valence-corrected chi connectivity index (χ0v) is 14.9. The number of primary amides is 1. The Labute approximate surface area is 148 Å². The molecule has 0 bridgehead atoms. The number of hydrogen-bond acceptors (Lipinski definition) is 3. The fourth-order valence-electron chi connectivity index (χ4n) is 2.24. The van der Waals surface area contributed by atoms with E-state index in [1.165, 1.54) is 17.7 Å². The molecule has 0 fully saturated rings. The second-order valence-electron chi connectivity index (χ2n) is 5.17. The molecule has 0 aliphatic rings. The summed E-state index contributed by atoms with van der Waals surface area (Å²) < 4.78 is 0. The molecule has 0 saturated heterocycles. The summed E-state index contributed by atoms with van der Waals surface area (Å²) in [7, 11) is 0. The Morgan fingerprint density at radius 1 is 1.13 bits per heavy atom. The van der Waals surface area contributed by atoms with Crippen LogP contribution in [0.3, 0.4) is 0 Å². The summed E-state index contributed by atoms with van der Waals surface area (Å²) in [5.41, 5.74) is 9.23. The molecule has 0 radical (unpaired) electrons. The van der Waals surface area contributed by atoms with Crippen LogP contribution in [0.2, 0.25) is 0 Å². The summed E-state index contributed by atoms with van der Waals surface area (Å²) in [5.74, 6) is 0.801. The maximum Gasteiger partial charge on any atom is 0.248 e. The first-order valence-corrected chi connectivity index (χ1v) is 8.79. The van der Waals surface area contributed by atoms with Crippen LogP contribution in [0.25, 0.3) is 11.1 Å². The van der Waals surface area contributed by atoms with Crippen LogP contribution >= 0.6 is 24.2 Å². The highest BCUT2D eigenvalue weighted by Crippen LogP contribution is 2.21. The maximum absolute atomic E-state index is 11.2. The molecule has 2 aromatic carbocycles. The highest BCUT2D eigenvalue weighted by atomic mass is 35.5. The van der Waals surface area contributed by atoms with Crippen molar-refractivity contribution < 1.29 is 4.79 Å². The molecule has 1 amide bonds. The smallest absolute Gasteiger partial charge is 0.248 e. The maximum atomic E-state index is 11.2. The number of carbonyl (C=O) groups excluding carboxylic acids is 1. The number of nitrogens with one attached hydrogen (secondary N) is 1. The molecule has 3 N–H and O–H groups in total. The van der Waals surface area contributed by atoms with Crippen LogP contribution in [-0.4, -0.2) is 24.5 Å². The van der Waals surface area contributed by atoms with Gasteiger partial charge in [-0.1, -0.05) is 36.4 Å². The van der Waals surface area contributed by atoms with Gasteiger partial charge in [-0.05, 0) is 53.8 Å². The van der Waals surface area contributed by atoms with Crippen molar-refractivity contribution in [2.45, 2.75) is 13.0 Å². The summed E-state index contributed by atoms with van der Waals surface area (Å²) in [5, 5.41) is 3.45. The van der Waals surface area contributed by atoms with Crippen LogP contribution in [0.4, 0.5) is 0 Å². The van der Waals surface area contributed by atoms with Crippen LogP contribution in [0, 0.1) is 0 Å². The number of halogens is 1. The van der Waals surface area contributed by atoms with Gasteiger partial charge < -0.3 is 11.1 Å². The number of hydrogen-bond donors (Lipinski definition) is 2. The Balaban J connectivity index is 0.00000264. The van der Waals surface area contributed by atoms with Gasteiger partial charge in [-0.25, -0.2) is 0 Å². The molecule has 0 heterocycles. The van der Waals surface area contributed by atoms with Crippen LogP contribution in [0.15, 0.2) is 48.5 Å². The van der Waals surface area contributed by atoms with Gasteiger partial charge >= 0.3 is 0 Å². The van der Waals surface area contributed by atoms with Gasteiger partial charge in [-0.3, -0.25) is 4.79 Å².